The van der Waals surface area contributed by atoms with Crippen LogP contribution in [0.1, 0.15) is 39.3 Å². The van der Waals surface area contributed by atoms with Gasteiger partial charge < -0.3 is 9.64 Å². The fraction of sp³-hybridized carbons (Fsp3) is 0.737. The van der Waals surface area contributed by atoms with E-state index in [0.29, 0.717) is 5.41 Å². The Morgan fingerprint density at radius 1 is 1.09 bits per heavy atom. The molecule has 4 nitrogen and oxygen atoms in total. The maximum Gasteiger partial charge on any atom is 0.129 e. The Hall–Kier alpha value is -1.13. The molecule has 2 fully saturated rings. The van der Waals surface area contributed by atoms with Crippen LogP contribution in [0.4, 0.5) is 5.82 Å². The van der Waals surface area contributed by atoms with Crippen LogP contribution in [-0.4, -0.2) is 49.3 Å². The second-order valence-corrected chi connectivity index (χ2v) is 8.00. The van der Waals surface area contributed by atoms with E-state index in [1.807, 2.05) is 0 Å². The third-order valence-corrected chi connectivity index (χ3v) is 5.33. The van der Waals surface area contributed by atoms with Crippen LogP contribution >= 0.6 is 0 Å². The van der Waals surface area contributed by atoms with E-state index < -0.39 is 0 Å². The van der Waals surface area contributed by atoms with Crippen LogP contribution in [0.5, 0.6) is 0 Å². The molecular weight excluding hydrogens is 286 g/mol. The highest BCUT2D eigenvalue weighted by Gasteiger charge is 2.28. The molecule has 3 heterocycles. The van der Waals surface area contributed by atoms with Crippen molar-refractivity contribution in [1.82, 2.24) is 9.88 Å². The number of piperidine rings is 1. The van der Waals surface area contributed by atoms with Gasteiger partial charge in [-0.05, 0) is 49.4 Å². The molecule has 0 aliphatic carbocycles. The molecule has 1 aromatic heterocycles. The highest BCUT2D eigenvalue weighted by molar-refractivity contribution is 5.39. The Kier molecular flexibility index (Phi) is 5.22. The summed E-state index contributed by atoms with van der Waals surface area (Å²) in [6.07, 6.45) is 2.62. The molecule has 3 rings (SSSR count). The molecule has 0 aromatic carbocycles. The summed E-state index contributed by atoms with van der Waals surface area (Å²) in [5.74, 6) is 1.96. The minimum absolute atomic E-state index is 0.445. The van der Waals surface area contributed by atoms with Crippen LogP contribution < -0.4 is 4.90 Å². The summed E-state index contributed by atoms with van der Waals surface area (Å²) in [4.78, 5) is 9.78. The normalized spacial score (nSPS) is 21.6. The molecule has 0 bridgehead atoms. The number of hydrogen-bond donors (Lipinski definition) is 0. The van der Waals surface area contributed by atoms with Gasteiger partial charge in [0.15, 0.2) is 0 Å². The molecule has 2 aliphatic heterocycles. The lowest BCUT2D eigenvalue weighted by molar-refractivity contribution is 0.107. The summed E-state index contributed by atoms with van der Waals surface area (Å²) in [5, 5.41) is 0. The van der Waals surface area contributed by atoms with Crippen LogP contribution in [0, 0.1) is 11.3 Å². The van der Waals surface area contributed by atoms with E-state index in [1.165, 1.54) is 31.6 Å². The number of hydrogen-bond acceptors (Lipinski definition) is 4. The Bertz CT molecular complexity index is 498. The van der Waals surface area contributed by atoms with Crippen molar-refractivity contribution in [2.75, 3.05) is 44.3 Å². The predicted octanol–water partition coefficient (Wildman–Crippen LogP) is 3.18. The number of aromatic nitrogens is 1. The van der Waals surface area contributed by atoms with Crippen molar-refractivity contribution in [3.05, 3.63) is 23.9 Å². The van der Waals surface area contributed by atoms with Crippen LogP contribution in [-0.2, 0) is 11.3 Å². The van der Waals surface area contributed by atoms with Crippen molar-refractivity contribution in [3.63, 3.8) is 0 Å². The van der Waals surface area contributed by atoms with Crippen LogP contribution in [0.15, 0.2) is 18.2 Å². The average molecular weight is 317 g/mol. The predicted molar refractivity (Wildman–Crippen MR) is 94.7 cm³/mol. The molecule has 0 amide bonds. The molecule has 4 heteroatoms. The Morgan fingerprint density at radius 3 is 2.43 bits per heavy atom. The molecule has 128 valence electrons. The molecule has 1 aromatic rings. The highest BCUT2D eigenvalue weighted by Crippen LogP contribution is 2.34. The summed E-state index contributed by atoms with van der Waals surface area (Å²) < 4.78 is 5.43. The van der Waals surface area contributed by atoms with E-state index in [1.54, 1.807) is 0 Å². The second kappa shape index (κ2) is 7.18. The summed E-state index contributed by atoms with van der Waals surface area (Å²) in [6.45, 7) is 14.0. The van der Waals surface area contributed by atoms with E-state index in [2.05, 4.69) is 48.8 Å². The third kappa shape index (κ3) is 4.45. The van der Waals surface area contributed by atoms with Gasteiger partial charge in [-0.3, -0.25) is 4.90 Å². The molecule has 0 unspecified atom stereocenters. The lowest BCUT2D eigenvalue weighted by Crippen LogP contribution is -2.38. The number of nitrogens with zero attached hydrogens (tertiary/aromatic N) is 3. The minimum atomic E-state index is 0.445. The fourth-order valence-corrected chi connectivity index (χ4v) is 3.71. The largest absolute Gasteiger partial charge is 0.378 e. The van der Waals surface area contributed by atoms with Gasteiger partial charge in [-0.1, -0.05) is 26.8 Å². The van der Waals surface area contributed by atoms with Gasteiger partial charge in [-0.2, -0.15) is 0 Å². The van der Waals surface area contributed by atoms with Crippen molar-refractivity contribution in [1.29, 1.82) is 0 Å². The van der Waals surface area contributed by atoms with E-state index in [-0.39, 0.29) is 0 Å². The first-order valence-corrected chi connectivity index (χ1v) is 9.03. The van der Waals surface area contributed by atoms with E-state index in [9.17, 15) is 0 Å². The van der Waals surface area contributed by atoms with Crippen molar-refractivity contribution >= 4 is 5.82 Å². The van der Waals surface area contributed by atoms with Gasteiger partial charge in [0.05, 0.1) is 18.9 Å². The molecule has 0 radical (unpaired) electrons. The first-order chi connectivity index (χ1) is 11.0. The first kappa shape index (κ1) is 16.7. The molecule has 0 spiro atoms. The van der Waals surface area contributed by atoms with Gasteiger partial charge in [0.2, 0.25) is 0 Å². The highest BCUT2D eigenvalue weighted by atomic mass is 16.5. The summed E-state index contributed by atoms with van der Waals surface area (Å²) in [6, 6.07) is 6.44. The number of pyridine rings is 1. The Labute approximate surface area is 140 Å². The number of rotatable bonds is 3. The third-order valence-electron chi connectivity index (χ3n) is 5.33. The van der Waals surface area contributed by atoms with Gasteiger partial charge >= 0.3 is 0 Å². The number of morpholine rings is 1. The van der Waals surface area contributed by atoms with Crippen LogP contribution in [0.25, 0.3) is 0 Å². The van der Waals surface area contributed by atoms with Gasteiger partial charge in [0.25, 0.3) is 0 Å². The summed E-state index contributed by atoms with van der Waals surface area (Å²) >= 11 is 0. The molecule has 2 aliphatic rings. The molecule has 23 heavy (non-hydrogen) atoms. The lowest BCUT2D eigenvalue weighted by atomic mass is 9.75. The van der Waals surface area contributed by atoms with Gasteiger partial charge in [-0.25, -0.2) is 4.98 Å². The van der Waals surface area contributed by atoms with Crippen molar-refractivity contribution in [3.8, 4) is 0 Å². The maximum atomic E-state index is 5.43. The molecule has 0 saturated carbocycles. The van der Waals surface area contributed by atoms with E-state index >= 15 is 0 Å². The van der Waals surface area contributed by atoms with Crippen molar-refractivity contribution < 1.29 is 4.74 Å². The van der Waals surface area contributed by atoms with Gasteiger partial charge in [0.1, 0.15) is 5.82 Å². The van der Waals surface area contributed by atoms with Crippen molar-refractivity contribution in [2.24, 2.45) is 11.3 Å². The zero-order valence-corrected chi connectivity index (χ0v) is 14.9. The standard InChI is InChI=1S/C19H31N3O/c1-19(2,3)16-7-9-21(10-8-16)15-17-5-4-6-18(20-17)22-11-13-23-14-12-22/h4-6,16H,7-15H2,1-3H3. The summed E-state index contributed by atoms with van der Waals surface area (Å²) in [5.41, 5.74) is 1.64. The number of anilines is 1. The van der Waals surface area contributed by atoms with E-state index in [0.717, 1.165) is 44.6 Å². The fourth-order valence-electron chi connectivity index (χ4n) is 3.71. The SMILES string of the molecule is CC(C)(C)C1CCN(Cc2cccc(N3CCOCC3)n2)CC1. The number of likely N-dealkylation sites (tertiary alicyclic amines) is 1. The molecule has 0 N–H and O–H groups in total. The molecule has 2 saturated heterocycles. The smallest absolute Gasteiger partial charge is 0.129 e. The molecular formula is C19H31N3O. The van der Waals surface area contributed by atoms with E-state index in [4.69, 9.17) is 9.72 Å². The van der Waals surface area contributed by atoms with Crippen LogP contribution in [0.2, 0.25) is 0 Å². The monoisotopic (exact) mass is 317 g/mol. The Morgan fingerprint density at radius 2 is 1.78 bits per heavy atom. The average Bonchev–Trinajstić information content (AvgIpc) is 2.56. The maximum absolute atomic E-state index is 5.43. The first-order valence-electron chi connectivity index (χ1n) is 9.03. The lowest BCUT2D eigenvalue weighted by Gasteiger charge is -2.38. The zero-order valence-electron chi connectivity index (χ0n) is 14.9. The van der Waals surface area contributed by atoms with Crippen LogP contribution in [0.3, 0.4) is 0 Å². The Balaban J connectivity index is 1.56. The van der Waals surface area contributed by atoms with Crippen molar-refractivity contribution in [2.45, 2.75) is 40.2 Å². The van der Waals surface area contributed by atoms with Gasteiger partial charge in [0, 0.05) is 19.6 Å². The molecule has 0 atom stereocenters. The minimum Gasteiger partial charge on any atom is -0.378 e. The van der Waals surface area contributed by atoms with Gasteiger partial charge in [-0.15, -0.1) is 0 Å². The number of ether oxygens (including phenoxy) is 1. The second-order valence-electron chi connectivity index (χ2n) is 8.00. The topological polar surface area (TPSA) is 28.6 Å². The quantitative estimate of drug-likeness (QED) is 0.856. The zero-order chi connectivity index (χ0) is 16.3. The summed E-state index contributed by atoms with van der Waals surface area (Å²) in [7, 11) is 0.